The molecule has 180 valence electrons. The van der Waals surface area contributed by atoms with E-state index >= 15 is 0 Å². The van der Waals surface area contributed by atoms with E-state index in [9.17, 15) is 18.0 Å². The summed E-state index contributed by atoms with van der Waals surface area (Å²) < 4.78 is 38.2. The van der Waals surface area contributed by atoms with Crippen molar-refractivity contribution in [2.24, 2.45) is 0 Å². The molecule has 11 heteroatoms. The van der Waals surface area contributed by atoms with Gasteiger partial charge in [0, 0.05) is 12.1 Å². The molecule has 0 aliphatic carbocycles. The number of amides is 1. The van der Waals surface area contributed by atoms with Crippen LogP contribution in [0.3, 0.4) is 0 Å². The third-order valence-corrected chi connectivity index (χ3v) is 6.73. The lowest BCUT2D eigenvalue weighted by Crippen LogP contribution is -2.45. The first-order valence-corrected chi connectivity index (χ1v) is 12.1. The molecule has 0 fully saturated rings. The van der Waals surface area contributed by atoms with Crippen LogP contribution >= 0.6 is 23.2 Å². The molecule has 1 atom stereocenters. The van der Waals surface area contributed by atoms with Crippen LogP contribution in [-0.4, -0.2) is 39.2 Å². The summed E-state index contributed by atoms with van der Waals surface area (Å²) in [5.41, 5.74) is 0.853. The van der Waals surface area contributed by atoms with Gasteiger partial charge in [-0.1, -0.05) is 35.3 Å². The Labute approximate surface area is 203 Å². The van der Waals surface area contributed by atoms with Gasteiger partial charge < -0.3 is 14.8 Å². The molecule has 0 bridgehead atoms. The zero-order chi connectivity index (χ0) is 25.0. The number of carbonyl (C=O) groups excluding carboxylic acids is 2. The van der Waals surface area contributed by atoms with Gasteiger partial charge in [0.05, 0.1) is 17.2 Å². The van der Waals surface area contributed by atoms with E-state index in [0.29, 0.717) is 5.56 Å². The van der Waals surface area contributed by atoms with Gasteiger partial charge in [-0.05, 0) is 63.1 Å². The number of methoxy groups -OCH3 is 1. The first-order chi connectivity index (χ1) is 15.2. The molecular formula is C22H26Cl2N2O6S. The van der Waals surface area contributed by atoms with Crippen LogP contribution in [0, 0.1) is 6.92 Å². The summed E-state index contributed by atoms with van der Waals surface area (Å²) in [6, 6.07) is 8.15. The molecule has 2 N–H and O–H groups in total. The summed E-state index contributed by atoms with van der Waals surface area (Å²) in [7, 11) is -2.88. The Bertz CT molecular complexity index is 1130. The van der Waals surface area contributed by atoms with Crippen LogP contribution in [0.5, 0.6) is 0 Å². The van der Waals surface area contributed by atoms with E-state index < -0.39 is 33.7 Å². The number of anilines is 1. The van der Waals surface area contributed by atoms with Crippen LogP contribution in [0.25, 0.3) is 0 Å². The van der Waals surface area contributed by atoms with Gasteiger partial charge in [-0.15, -0.1) is 0 Å². The van der Waals surface area contributed by atoms with Crippen LogP contribution in [0.4, 0.5) is 10.5 Å². The Kier molecular flexibility index (Phi) is 8.62. The molecular weight excluding hydrogens is 491 g/mol. The van der Waals surface area contributed by atoms with Gasteiger partial charge in [0.25, 0.3) is 10.0 Å². The van der Waals surface area contributed by atoms with Crippen molar-refractivity contribution in [1.82, 2.24) is 5.32 Å². The Hall–Kier alpha value is -2.49. The highest BCUT2D eigenvalue weighted by molar-refractivity contribution is 7.93. The minimum atomic E-state index is -4.09. The van der Waals surface area contributed by atoms with Crippen LogP contribution < -0.4 is 10.0 Å². The van der Waals surface area contributed by atoms with Crippen LogP contribution in [-0.2, 0) is 30.7 Å². The highest BCUT2D eigenvalue weighted by Gasteiger charge is 2.27. The standard InChI is InChI=1S/C22H26Cl2N2O6S/c1-13-9-10-15(26-33(29,30)19-16(23)7-6-8-17(19)24)11-14(13)12-18(20(27)31-5)25-21(28)32-22(2,3)4/h6-11,18,26H,12H2,1-5H3,(H,25,28)/t18-/m0/s1. The summed E-state index contributed by atoms with van der Waals surface area (Å²) in [4.78, 5) is 24.2. The zero-order valence-corrected chi connectivity index (χ0v) is 21.2. The second-order valence-electron chi connectivity index (χ2n) is 8.22. The molecule has 0 aliphatic rings. The Morgan fingerprint density at radius 1 is 1.09 bits per heavy atom. The number of aryl methyl sites for hydroxylation is 1. The number of hydrogen-bond donors (Lipinski definition) is 2. The van der Waals surface area contributed by atoms with Crippen molar-refractivity contribution < 1.29 is 27.5 Å². The number of carbonyl (C=O) groups is 2. The number of rotatable bonds is 7. The second kappa shape index (κ2) is 10.6. The molecule has 0 unspecified atom stereocenters. The van der Waals surface area contributed by atoms with E-state index in [0.717, 1.165) is 5.56 Å². The molecule has 0 spiro atoms. The fraction of sp³-hybridized carbons (Fsp3) is 0.364. The summed E-state index contributed by atoms with van der Waals surface area (Å²) >= 11 is 12.1. The van der Waals surface area contributed by atoms with Crippen molar-refractivity contribution in [1.29, 1.82) is 0 Å². The number of hydrogen-bond acceptors (Lipinski definition) is 6. The molecule has 0 aromatic heterocycles. The first kappa shape index (κ1) is 26.8. The SMILES string of the molecule is COC(=O)[C@H](Cc1cc(NS(=O)(=O)c2c(Cl)cccc2Cl)ccc1C)NC(=O)OC(C)(C)C. The number of halogens is 2. The lowest BCUT2D eigenvalue weighted by molar-refractivity contribution is -0.143. The van der Waals surface area contributed by atoms with E-state index in [-0.39, 0.29) is 27.0 Å². The van der Waals surface area contributed by atoms with E-state index in [2.05, 4.69) is 10.0 Å². The molecule has 8 nitrogen and oxygen atoms in total. The average molecular weight is 517 g/mol. The minimum absolute atomic E-state index is 0.0188. The van der Waals surface area contributed by atoms with Crippen molar-refractivity contribution in [2.75, 3.05) is 11.8 Å². The summed E-state index contributed by atoms with van der Waals surface area (Å²) in [5, 5.41) is 2.46. The van der Waals surface area contributed by atoms with Gasteiger partial charge in [0.2, 0.25) is 0 Å². The van der Waals surface area contributed by atoms with E-state index in [1.165, 1.54) is 25.3 Å². The molecule has 0 heterocycles. The maximum Gasteiger partial charge on any atom is 0.408 e. The average Bonchev–Trinajstić information content (AvgIpc) is 2.67. The molecule has 1 amide bonds. The fourth-order valence-electron chi connectivity index (χ4n) is 2.91. The summed E-state index contributed by atoms with van der Waals surface area (Å²) in [6.45, 7) is 6.89. The number of ether oxygens (including phenoxy) is 2. The van der Waals surface area contributed by atoms with Crippen LogP contribution in [0.1, 0.15) is 31.9 Å². The topological polar surface area (TPSA) is 111 Å². The first-order valence-electron chi connectivity index (χ1n) is 9.87. The summed E-state index contributed by atoms with van der Waals surface area (Å²) in [6.07, 6.45) is -0.735. The molecule has 0 saturated heterocycles. The highest BCUT2D eigenvalue weighted by atomic mass is 35.5. The largest absolute Gasteiger partial charge is 0.467 e. The smallest absolute Gasteiger partial charge is 0.408 e. The number of esters is 1. The number of nitrogens with one attached hydrogen (secondary N) is 2. The van der Waals surface area contributed by atoms with Crippen molar-refractivity contribution in [3.8, 4) is 0 Å². The number of benzene rings is 2. The normalized spacial score (nSPS) is 12.6. The number of sulfonamides is 1. The molecule has 0 radical (unpaired) electrons. The second-order valence-corrected chi connectivity index (χ2v) is 10.7. The van der Waals surface area contributed by atoms with Gasteiger partial charge in [0.15, 0.2) is 0 Å². The Morgan fingerprint density at radius 2 is 1.70 bits per heavy atom. The van der Waals surface area contributed by atoms with Gasteiger partial charge in [-0.3, -0.25) is 4.72 Å². The fourth-order valence-corrected chi connectivity index (χ4v) is 5.10. The van der Waals surface area contributed by atoms with Crippen LogP contribution in [0.15, 0.2) is 41.3 Å². The monoisotopic (exact) mass is 516 g/mol. The van der Waals surface area contributed by atoms with Gasteiger partial charge in [-0.25, -0.2) is 18.0 Å². The summed E-state index contributed by atoms with van der Waals surface area (Å²) in [5.74, 6) is -0.672. The third-order valence-electron chi connectivity index (χ3n) is 4.39. The van der Waals surface area contributed by atoms with Gasteiger partial charge in [-0.2, -0.15) is 0 Å². The third kappa shape index (κ3) is 7.52. The van der Waals surface area contributed by atoms with Crippen LogP contribution in [0.2, 0.25) is 10.0 Å². The van der Waals surface area contributed by atoms with Crippen molar-refractivity contribution in [3.05, 3.63) is 57.6 Å². The molecule has 33 heavy (non-hydrogen) atoms. The predicted octanol–water partition coefficient (Wildman–Crippen LogP) is 4.71. The molecule has 2 aromatic rings. The maximum atomic E-state index is 12.9. The van der Waals surface area contributed by atoms with E-state index in [4.69, 9.17) is 32.7 Å². The minimum Gasteiger partial charge on any atom is -0.467 e. The van der Waals surface area contributed by atoms with Crippen molar-refractivity contribution in [2.45, 2.75) is 50.7 Å². The highest BCUT2D eigenvalue weighted by Crippen LogP contribution is 2.31. The molecule has 0 aliphatic heterocycles. The van der Waals surface area contributed by atoms with Gasteiger partial charge >= 0.3 is 12.1 Å². The lowest BCUT2D eigenvalue weighted by atomic mass is 10.0. The van der Waals surface area contributed by atoms with E-state index in [1.807, 2.05) is 0 Å². The lowest BCUT2D eigenvalue weighted by Gasteiger charge is -2.23. The zero-order valence-electron chi connectivity index (χ0n) is 18.9. The molecule has 0 saturated carbocycles. The van der Waals surface area contributed by atoms with E-state index in [1.54, 1.807) is 45.9 Å². The molecule has 2 rings (SSSR count). The predicted molar refractivity (Wildman–Crippen MR) is 127 cm³/mol. The number of alkyl carbamates (subject to hydrolysis) is 1. The van der Waals surface area contributed by atoms with Crippen molar-refractivity contribution in [3.63, 3.8) is 0 Å². The Morgan fingerprint density at radius 3 is 2.24 bits per heavy atom. The maximum absolute atomic E-state index is 12.9. The Balaban J connectivity index is 2.31. The van der Waals surface area contributed by atoms with Gasteiger partial charge in [0.1, 0.15) is 16.5 Å². The molecule has 2 aromatic carbocycles. The van der Waals surface area contributed by atoms with Crippen molar-refractivity contribution >= 4 is 51.0 Å². The quantitative estimate of drug-likeness (QED) is 0.515.